The van der Waals surface area contributed by atoms with Crippen molar-refractivity contribution in [3.05, 3.63) is 88.4 Å². The summed E-state index contributed by atoms with van der Waals surface area (Å²) in [6.07, 6.45) is -6.33. The highest BCUT2D eigenvalue weighted by molar-refractivity contribution is 6.42. The van der Waals surface area contributed by atoms with Crippen LogP contribution in [-0.4, -0.2) is 76.4 Å². The summed E-state index contributed by atoms with van der Waals surface area (Å²) in [5, 5.41) is 32.6. The van der Waals surface area contributed by atoms with Gasteiger partial charge in [-0.15, -0.1) is 0 Å². The number of aliphatic hydroxyl groups is 2. The molecule has 3 aromatic carbocycles. The summed E-state index contributed by atoms with van der Waals surface area (Å²) in [4.78, 5) is 64.2. The highest BCUT2D eigenvalue weighted by atomic mass is 35.5. The Hall–Kier alpha value is -4.89. The Balaban J connectivity index is 1.72. The molecule has 0 saturated carbocycles. The van der Waals surface area contributed by atoms with Gasteiger partial charge in [-0.3, -0.25) is 24.5 Å². The van der Waals surface area contributed by atoms with E-state index in [9.17, 15) is 34.2 Å². The van der Waals surface area contributed by atoms with Crippen LogP contribution in [0.15, 0.2) is 72.8 Å². The third-order valence-corrected chi connectivity index (χ3v) is 8.81. The second-order valence-electron chi connectivity index (χ2n) is 13.5. The summed E-state index contributed by atoms with van der Waals surface area (Å²) in [7, 11) is 0. The summed E-state index contributed by atoms with van der Waals surface area (Å²) < 4.78 is 11.3. The summed E-state index contributed by atoms with van der Waals surface area (Å²) in [5.74, 6) is -2.86. The van der Waals surface area contributed by atoms with Gasteiger partial charge >= 0.3 is 6.09 Å². The molecule has 3 rings (SSSR count). The van der Waals surface area contributed by atoms with Gasteiger partial charge in [0.1, 0.15) is 29.7 Å². The number of hydrogen-bond donors (Lipinski definition) is 7. The number of amides is 5. The van der Waals surface area contributed by atoms with Crippen molar-refractivity contribution >= 4 is 58.6 Å². The first-order chi connectivity index (χ1) is 25.4. The lowest BCUT2D eigenvalue weighted by atomic mass is 9.96. The Morgan fingerprint density at radius 1 is 0.759 bits per heavy atom. The molecular formula is C38H47Cl2N5O9. The molecule has 0 radical (unpaired) electrons. The van der Waals surface area contributed by atoms with Gasteiger partial charge in [0, 0.05) is 5.69 Å². The zero-order valence-corrected chi connectivity index (χ0v) is 32.1. The van der Waals surface area contributed by atoms with Crippen LogP contribution in [-0.2, 0) is 30.3 Å². The van der Waals surface area contributed by atoms with Crippen LogP contribution in [0, 0.1) is 11.8 Å². The van der Waals surface area contributed by atoms with Crippen molar-refractivity contribution < 1.29 is 43.7 Å². The Labute approximate surface area is 324 Å². The van der Waals surface area contributed by atoms with Gasteiger partial charge in [0.05, 0.1) is 16.1 Å². The predicted octanol–water partition coefficient (Wildman–Crippen LogP) is 4.33. The monoisotopic (exact) mass is 787 g/mol. The fraction of sp³-hybridized carbons (Fsp3) is 0.395. The van der Waals surface area contributed by atoms with Crippen molar-refractivity contribution in [1.82, 2.24) is 16.0 Å². The number of aliphatic hydroxyl groups excluding tert-OH is 2. The predicted molar refractivity (Wildman–Crippen MR) is 204 cm³/mol. The molecule has 16 heteroatoms. The van der Waals surface area contributed by atoms with Crippen LogP contribution in [0.2, 0.25) is 10.0 Å². The van der Waals surface area contributed by atoms with Crippen molar-refractivity contribution in [2.75, 3.05) is 5.32 Å². The van der Waals surface area contributed by atoms with E-state index in [1.54, 1.807) is 56.3 Å². The van der Waals surface area contributed by atoms with Crippen LogP contribution in [0.4, 0.5) is 10.5 Å². The zero-order valence-electron chi connectivity index (χ0n) is 30.5. The zero-order chi connectivity index (χ0) is 40.1. The van der Waals surface area contributed by atoms with Gasteiger partial charge < -0.3 is 41.4 Å². The summed E-state index contributed by atoms with van der Waals surface area (Å²) >= 11 is 12.3. The molecule has 6 unspecified atom stereocenters. The van der Waals surface area contributed by atoms with E-state index >= 15 is 0 Å². The Bertz CT molecular complexity index is 1740. The normalized spacial score (nSPS) is 14.5. The molecule has 8 N–H and O–H groups in total. The van der Waals surface area contributed by atoms with E-state index in [-0.39, 0.29) is 28.8 Å². The second kappa shape index (κ2) is 20.5. The molecule has 5 amide bonds. The molecule has 0 saturated heterocycles. The molecule has 14 nitrogen and oxygen atoms in total. The number of carbonyl (C=O) groups is 5. The molecular weight excluding hydrogens is 741 g/mol. The molecule has 0 fully saturated rings. The summed E-state index contributed by atoms with van der Waals surface area (Å²) in [6.45, 7) is 8.27. The number of halogens is 2. The quantitative estimate of drug-likeness (QED) is 0.0975. The molecule has 0 spiro atoms. The van der Waals surface area contributed by atoms with Gasteiger partial charge in [-0.2, -0.15) is 0 Å². The molecule has 3 aromatic rings. The first kappa shape index (κ1) is 43.5. The van der Waals surface area contributed by atoms with Gasteiger partial charge in [-0.1, -0.05) is 75.2 Å². The van der Waals surface area contributed by atoms with Crippen LogP contribution in [0.25, 0.3) is 0 Å². The first-order valence-electron chi connectivity index (χ1n) is 17.3. The van der Waals surface area contributed by atoms with Crippen LogP contribution in [0.1, 0.15) is 46.6 Å². The minimum atomic E-state index is -2.16. The second-order valence-corrected chi connectivity index (χ2v) is 14.3. The highest BCUT2D eigenvalue weighted by Gasteiger charge is 2.37. The van der Waals surface area contributed by atoms with Gasteiger partial charge in [0.2, 0.25) is 11.8 Å². The molecule has 6 atom stereocenters. The topological polar surface area (TPSA) is 218 Å². The van der Waals surface area contributed by atoms with Gasteiger partial charge in [0.25, 0.3) is 11.8 Å². The fourth-order valence-corrected chi connectivity index (χ4v) is 5.50. The minimum Gasteiger partial charge on any atom is -0.457 e. The summed E-state index contributed by atoms with van der Waals surface area (Å²) in [6, 6.07) is 16.6. The molecule has 0 aliphatic rings. The SMILES string of the molecule is CC(C)CC(NC(=O)C(C)NC(=O)C(O)C(O)C(Cc1ccc(Cl)c(Cl)c1)NC(=O)C(OC(=O)Nc1ccc(Oc2ccccc2)cc1)C(C)C)C(N)=O. The van der Waals surface area contributed by atoms with E-state index in [0.717, 1.165) is 0 Å². The van der Waals surface area contributed by atoms with Crippen LogP contribution in [0.5, 0.6) is 11.5 Å². The smallest absolute Gasteiger partial charge is 0.412 e. The maximum Gasteiger partial charge on any atom is 0.412 e. The molecule has 0 aliphatic carbocycles. The third-order valence-electron chi connectivity index (χ3n) is 8.07. The van der Waals surface area contributed by atoms with Gasteiger partial charge in [-0.25, -0.2) is 4.79 Å². The average molecular weight is 789 g/mol. The van der Waals surface area contributed by atoms with Crippen LogP contribution >= 0.6 is 23.2 Å². The standard InChI is InChI=1S/C38H47Cl2N5O9/c1-20(2)17-30(34(41)48)45-35(49)22(5)42-36(50)32(47)31(46)29(19-23-11-16-27(39)28(40)18-23)44-37(51)33(21(3)4)54-38(52)43-24-12-14-26(15-13-24)53-25-9-7-6-8-10-25/h6-16,18,20-22,29-33,46-47H,17,19H2,1-5H3,(H2,41,48)(H,42,50)(H,43,52)(H,44,51)(H,45,49). The van der Waals surface area contributed by atoms with Crippen molar-refractivity contribution in [2.45, 2.75) is 83.9 Å². The number of benzene rings is 3. The number of anilines is 1. The van der Waals surface area contributed by atoms with Crippen LogP contribution in [0.3, 0.4) is 0 Å². The fourth-order valence-electron chi connectivity index (χ4n) is 5.18. The van der Waals surface area contributed by atoms with Crippen molar-refractivity contribution in [2.24, 2.45) is 17.6 Å². The van der Waals surface area contributed by atoms with E-state index in [2.05, 4.69) is 21.3 Å². The molecule has 0 heterocycles. The Morgan fingerprint density at radius 3 is 1.96 bits per heavy atom. The Kier molecular flexibility index (Phi) is 16.5. The number of carbonyl (C=O) groups excluding carboxylic acids is 5. The van der Waals surface area contributed by atoms with E-state index in [0.29, 0.717) is 22.7 Å². The van der Waals surface area contributed by atoms with E-state index in [1.807, 2.05) is 32.0 Å². The number of hydrogen-bond acceptors (Lipinski definition) is 9. The molecule has 0 aliphatic heterocycles. The third kappa shape index (κ3) is 13.5. The van der Waals surface area contributed by atoms with E-state index in [4.69, 9.17) is 38.4 Å². The summed E-state index contributed by atoms with van der Waals surface area (Å²) in [5.41, 5.74) is 6.23. The molecule has 292 valence electrons. The van der Waals surface area contributed by atoms with Crippen molar-refractivity contribution in [3.63, 3.8) is 0 Å². The highest BCUT2D eigenvalue weighted by Crippen LogP contribution is 2.25. The lowest BCUT2D eigenvalue weighted by Gasteiger charge is -2.30. The van der Waals surface area contributed by atoms with E-state index < -0.39 is 72.1 Å². The van der Waals surface area contributed by atoms with Gasteiger partial charge in [-0.05, 0) is 85.7 Å². The average Bonchev–Trinajstić information content (AvgIpc) is 3.11. The van der Waals surface area contributed by atoms with Gasteiger partial charge in [0.15, 0.2) is 12.2 Å². The largest absolute Gasteiger partial charge is 0.457 e. The van der Waals surface area contributed by atoms with E-state index in [1.165, 1.54) is 19.1 Å². The molecule has 0 aromatic heterocycles. The number of primary amides is 1. The maximum absolute atomic E-state index is 13.6. The van der Waals surface area contributed by atoms with Crippen LogP contribution < -0.4 is 31.7 Å². The number of nitrogens with two attached hydrogens (primary N) is 1. The number of ether oxygens (including phenoxy) is 2. The number of rotatable bonds is 18. The molecule has 54 heavy (non-hydrogen) atoms. The van der Waals surface area contributed by atoms with Crippen molar-refractivity contribution in [1.29, 1.82) is 0 Å². The first-order valence-corrected chi connectivity index (χ1v) is 18.0. The lowest BCUT2D eigenvalue weighted by molar-refractivity contribution is -0.142. The number of para-hydroxylation sites is 1. The lowest BCUT2D eigenvalue weighted by Crippen LogP contribution is -2.58. The van der Waals surface area contributed by atoms with Crippen molar-refractivity contribution in [3.8, 4) is 11.5 Å². The number of nitrogens with one attached hydrogen (secondary N) is 4. The maximum atomic E-state index is 13.6. The Morgan fingerprint density at radius 2 is 1.39 bits per heavy atom. The minimum absolute atomic E-state index is 0.0284. The molecule has 0 bridgehead atoms.